The third kappa shape index (κ3) is 0.501. The van der Waals surface area contributed by atoms with Gasteiger partial charge in [-0.3, -0.25) is 0 Å². The number of hydrogen-bond donors (Lipinski definition) is 0. The number of hydrogen-bond acceptors (Lipinski definition) is 2. The van der Waals surface area contributed by atoms with Gasteiger partial charge in [-0.2, -0.15) is 0 Å². The zero-order chi connectivity index (χ0) is 5.40. The molecule has 0 nitrogen and oxygen atoms in total. The molecule has 0 spiro atoms. The fourth-order valence-corrected chi connectivity index (χ4v) is 2.47. The van der Waals surface area contributed by atoms with Gasteiger partial charge in [0, 0.05) is 5.39 Å². The van der Waals surface area contributed by atoms with E-state index in [9.17, 15) is 0 Å². The molecule has 40 valence electrons. The van der Waals surface area contributed by atoms with E-state index in [0.29, 0.717) is 0 Å². The highest BCUT2D eigenvalue weighted by Crippen LogP contribution is 2.25. The van der Waals surface area contributed by atoms with E-state index in [0.717, 1.165) is 0 Å². The SMILES string of the molecule is c1cc2ccsc2s1. The summed E-state index contributed by atoms with van der Waals surface area (Å²) in [5.41, 5.74) is 0. The van der Waals surface area contributed by atoms with Gasteiger partial charge in [0.2, 0.25) is 0 Å². The van der Waals surface area contributed by atoms with Gasteiger partial charge in [0.25, 0.3) is 0 Å². The molecule has 0 aliphatic rings. The second kappa shape index (κ2) is 1.57. The van der Waals surface area contributed by atoms with Gasteiger partial charge in [-0.1, -0.05) is 0 Å². The normalized spacial score (nSPS) is 10.5. The molecular formula is C6H4S2. The Labute approximate surface area is 55.4 Å². The van der Waals surface area contributed by atoms with Crippen LogP contribution >= 0.6 is 22.7 Å². The zero-order valence-electron chi connectivity index (χ0n) is 4.13. The summed E-state index contributed by atoms with van der Waals surface area (Å²) in [4.78, 5) is 0. The van der Waals surface area contributed by atoms with E-state index in [-0.39, 0.29) is 0 Å². The summed E-state index contributed by atoms with van der Waals surface area (Å²) in [6.45, 7) is 0. The molecule has 0 unspecified atom stereocenters. The minimum Gasteiger partial charge on any atom is -0.133 e. The van der Waals surface area contributed by atoms with Crippen molar-refractivity contribution in [2.24, 2.45) is 0 Å². The Morgan fingerprint density at radius 1 is 1.00 bits per heavy atom. The van der Waals surface area contributed by atoms with E-state index in [2.05, 4.69) is 22.9 Å². The average molecular weight is 140 g/mol. The van der Waals surface area contributed by atoms with Crippen molar-refractivity contribution in [2.45, 2.75) is 0 Å². The molecular weight excluding hydrogens is 136 g/mol. The Bertz CT molecular complexity index is 228. The molecule has 0 bridgehead atoms. The van der Waals surface area contributed by atoms with Crippen LogP contribution in [0.3, 0.4) is 0 Å². The maximum absolute atomic E-state index is 2.15. The van der Waals surface area contributed by atoms with Crippen LogP contribution in [0.4, 0.5) is 0 Å². The van der Waals surface area contributed by atoms with Crippen LogP contribution in [0.5, 0.6) is 0 Å². The number of rotatable bonds is 0. The minimum absolute atomic E-state index is 1.39. The van der Waals surface area contributed by atoms with Crippen LogP contribution in [0.2, 0.25) is 0 Å². The van der Waals surface area contributed by atoms with Crippen LogP contribution in [-0.2, 0) is 0 Å². The smallest absolute Gasteiger partial charge is 0.0864 e. The molecule has 2 heterocycles. The Hall–Kier alpha value is -0.340. The standard InChI is InChI=1S/C6H4S2/c1-3-7-6-5(1)2-4-8-6/h1-4H. The van der Waals surface area contributed by atoms with Crippen molar-refractivity contribution in [3.8, 4) is 0 Å². The number of fused-ring (bicyclic) bond motifs is 1. The molecule has 0 radical (unpaired) electrons. The van der Waals surface area contributed by atoms with E-state index >= 15 is 0 Å². The molecule has 0 atom stereocenters. The van der Waals surface area contributed by atoms with Gasteiger partial charge in [0.05, 0.1) is 4.01 Å². The number of thiophene rings is 2. The first-order chi connectivity index (χ1) is 3.97. The molecule has 8 heavy (non-hydrogen) atoms. The molecule has 0 aromatic carbocycles. The summed E-state index contributed by atoms with van der Waals surface area (Å²) in [5, 5.41) is 5.64. The van der Waals surface area contributed by atoms with Crippen LogP contribution in [0.25, 0.3) is 9.40 Å². The van der Waals surface area contributed by atoms with Gasteiger partial charge in [-0.25, -0.2) is 0 Å². The molecule has 2 aromatic rings. The zero-order valence-corrected chi connectivity index (χ0v) is 5.76. The fraction of sp³-hybridized carbons (Fsp3) is 0. The van der Waals surface area contributed by atoms with Crippen molar-refractivity contribution < 1.29 is 0 Å². The quantitative estimate of drug-likeness (QED) is 0.527. The van der Waals surface area contributed by atoms with E-state index in [1.165, 1.54) is 9.40 Å². The molecule has 0 amide bonds. The lowest BCUT2D eigenvalue weighted by atomic mass is 10.4. The van der Waals surface area contributed by atoms with Crippen molar-refractivity contribution in [2.75, 3.05) is 0 Å². The average Bonchev–Trinajstić information content (AvgIpc) is 2.15. The molecule has 0 aliphatic heterocycles. The van der Waals surface area contributed by atoms with Crippen molar-refractivity contribution in [3.63, 3.8) is 0 Å². The highest BCUT2D eigenvalue weighted by Gasteiger charge is 1.90. The fourth-order valence-electron chi connectivity index (χ4n) is 0.694. The summed E-state index contributed by atoms with van der Waals surface area (Å²) in [6, 6.07) is 4.30. The highest BCUT2D eigenvalue weighted by molar-refractivity contribution is 7.36. The van der Waals surface area contributed by atoms with Crippen LogP contribution < -0.4 is 0 Å². The third-order valence-electron chi connectivity index (χ3n) is 1.08. The molecule has 2 aromatic heterocycles. The highest BCUT2D eigenvalue weighted by atomic mass is 32.2. The summed E-state index contributed by atoms with van der Waals surface area (Å²) in [5.74, 6) is 0. The summed E-state index contributed by atoms with van der Waals surface area (Å²) in [6.07, 6.45) is 0. The molecule has 0 saturated heterocycles. The van der Waals surface area contributed by atoms with Gasteiger partial charge in [-0.05, 0) is 22.9 Å². The Morgan fingerprint density at radius 3 is 2.12 bits per heavy atom. The van der Waals surface area contributed by atoms with Crippen molar-refractivity contribution >= 4 is 32.1 Å². The van der Waals surface area contributed by atoms with Crippen LogP contribution in [0.1, 0.15) is 0 Å². The second-order valence-corrected chi connectivity index (χ2v) is 3.67. The van der Waals surface area contributed by atoms with Crippen LogP contribution in [0, 0.1) is 0 Å². The molecule has 2 heteroatoms. The van der Waals surface area contributed by atoms with Gasteiger partial charge in [-0.15, -0.1) is 22.7 Å². The molecule has 2 rings (SSSR count). The third-order valence-corrected chi connectivity index (χ3v) is 3.10. The molecule has 0 saturated carbocycles. The van der Waals surface area contributed by atoms with E-state index in [1.54, 1.807) is 0 Å². The lowest BCUT2D eigenvalue weighted by molar-refractivity contribution is 2.11. The van der Waals surface area contributed by atoms with Crippen LogP contribution in [-0.4, -0.2) is 0 Å². The Balaban J connectivity index is 3.06. The van der Waals surface area contributed by atoms with Gasteiger partial charge in [0.15, 0.2) is 0 Å². The first-order valence-corrected chi connectivity index (χ1v) is 4.13. The van der Waals surface area contributed by atoms with Gasteiger partial charge >= 0.3 is 0 Å². The van der Waals surface area contributed by atoms with Crippen molar-refractivity contribution in [3.05, 3.63) is 22.9 Å². The Kier molecular flexibility index (Phi) is 0.889. The minimum atomic E-state index is 1.39. The van der Waals surface area contributed by atoms with Gasteiger partial charge in [0.1, 0.15) is 0 Å². The molecule has 0 fully saturated rings. The predicted octanol–water partition coefficient (Wildman–Crippen LogP) is 2.96. The first kappa shape index (κ1) is 4.53. The first-order valence-electron chi connectivity index (χ1n) is 2.37. The second-order valence-electron chi connectivity index (χ2n) is 1.58. The molecule has 0 aliphatic carbocycles. The summed E-state index contributed by atoms with van der Waals surface area (Å²) < 4.78 is 1.44. The van der Waals surface area contributed by atoms with Crippen molar-refractivity contribution in [1.29, 1.82) is 0 Å². The lowest BCUT2D eigenvalue weighted by Gasteiger charge is -1.63. The maximum atomic E-state index is 2.15. The van der Waals surface area contributed by atoms with E-state index in [1.807, 2.05) is 22.7 Å². The lowest BCUT2D eigenvalue weighted by Crippen LogP contribution is -1.36. The van der Waals surface area contributed by atoms with Crippen LogP contribution in [0.15, 0.2) is 22.9 Å². The van der Waals surface area contributed by atoms with E-state index in [4.69, 9.17) is 0 Å². The summed E-state index contributed by atoms with van der Waals surface area (Å²) in [7, 11) is 0. The Morgan fingerprint density at radius 2 is 1.62 bits per heavy atom. The maximum Gasteiger partial charge on any atom is 0.0864 e. The van der Waals surface area contributed by atoms with E-state index < -0.39 is 0 Å². The monoisotopic (exact) mass is 140 g/mol. The summed E-state index contributed by atoms with van der Waals surface area (Å²) >= 11 is 3.62. The van der Waals surface area contributed by atoms with Gasteiger partial charge < -0.3 is 0 Å². The topological polar surface area (TPSA) is 0 Å². The van der Waals surface area contributed by atoms with Crippen molar-refractivity contribution in [1.82, 2.24) is 0 Å². The predicted molar refractivity (Wildman–Crippen MR) is 39.7 cm³/mol. The molecule has 0 N–H and O–H groups in total. The largest absolute Gasteiger partial charge is 0.133 e.